The van der Waals surface area contributed by atoms with Gasteiger partial charge in [-0.1, -0.05) is 12.1 Å². The van der Waals surface area contributed by atoms with Crippen LogP contribution in [0.3, 0.4) is 0 Å². The van der Waals surface area contributed by atoms with Crippen LogP contribution in [0.15, 0.2) is 46.8 Å². The van der Waals surface area contributed by atoms with Crippen LogP contribution in [-0.4, -0.2) is 57.9 Å². The molecule has 0 atom stereocenters. The Morgan fingerprint density at radius 2 is 1.93 bits per heavy atom. The molecule has 3 heterocycles. The SMILES string of the molecule is CCOc1ccc(CN2CCN(C(=O)c3cnc4sccn4c3=O)CC2)cc1. The quantitative estimate of drug-likeness (QED) is 0.659. The van der Waals surface area contributed by atoms with E-state index in [1.54, 1.807) is 16.5 Å². The Morgan fingerprint density at radius 3 is 2.64 bits per heavy atom. The second-order valence-corrected chi connectivity index (χ2v) is 7.55. The van der Waals surface area contributed by atoms with E-state index in [2.05, 4.69) is 22.0 Å². The molecule has 1 aliphatic rings. The fraction of sp³-hybridized carbons (Fsp3) is 0.350. The van der Waals surface area contributed by atoms with E-state index >= 15 is 0 Å². The van der Waals surface area contributed by atoms with Crippen molar-refractivity contribution in [3.8, 4) is 5.75 Å². The lowest BCUT2D eigenvalue weighted by molar-refractivity contribution is 0.0626. The molecule has 0 aliphatic carbocycles. The summed E-state index contributed by atoms with van der Waals surface area (Å²) in [6.45, 7) is 6.21. The number of hydrogen-bond acceptors (Lipinski definition) is 6. The molecule has 2 aromatic heterocycles. The highest BCUT2D eigenvalue weighted by Gasteiger charge is 2.24. The first-order valence-electron chi connectivity index (χ1n) is 9.34. The maximum Gasteiger partial charge on any atom is 0.271 e. The van der Waals surface area contributed by atoms with E-state index in [0.717, 1.165) is 25.4 Å². The lowest BCUT2D eigenvalue weighted by Crippen LogP contribution is -2.49. The standard InChI is InChI=1S/C20H22N4O3S/c1-2-27-16-5-3-15(4-6-16)14-22-7-9-23(10-8-22)18(25)17-13-21-20-24(19(17)26)11-12-28-20/h3-6,11-13H,2,7-10,14H2,1H3. The zero-order valence-corrected chi connectivity index (χ0v) is 16.5. The number of rotatable bonds is 5. The van der Waals surface area contributed by atoms with Gasteiger partial charge in [-0.15, -0.1) is 11.3 Å². The molecule has 0 radical (unpaired) electrons. The predicted molar refractivity (Wildman–Crippen MR) is 108 cm³/mol. The van der Waals surface area contributed by atoms with Gasteiger partial charge in [0, 0.05) is 50.5 Å². The minimum Gasteiger partial charge on any atom is -0.494 e. The van der Waals surface area contributed by atoms with Crippen molar-refractivity contribution in [3.63, 3.8) is 0 Å². The highest BCUT2D eigenvalue weighted by molar-refractivity contribution is 7.15. The molecule has 146 valence electrons. The van der Waals surface area contributed by atoms with E-state index in [1.165, 1.54) is 27.5 Å². The molecule has 0 N–H and O–H groups in total. The number of aromatic nitrogens is 2. The molecular formula is C20H22N4O3S. The molecule has 0 saturated carbocycles. The van der Waals surface area contributed by atoms with Gasteiger partial charge in [-0.3, -0.25) is 18.9 Å². The summed E-state index contributed by atoms with van der Waals surface area (Å²) in [6, 6.07) is 8.12. The van der Waals surface area contributed by atoms with E-state index in [4.69, 9.17) is 4.74 Å². The van der Waals surface area contributed by atoms with Crippen molar-refractivity contribution in [3.05, 3.63) is 63.5 Å². The lowest BCUT2D eigenvalue weighted by atomic mass is 10.2. The number of nitrogens with zero attached hydrogens (tertiary/aromatic N) is 4. The molecule has 0 bridgehead atoms. The van der Waals surface area contributed by atoms with E-state index < -0.39 is 0 Å². The van der Waals surface area contributed by atoms with Gasteiger partial charge in [0.15, 0.2) is 4.96 Å². The van der Waals surface area contributed by atoms with Gasteiger partial charge in [0.1, 0.15) is 11.3 Å². The molecule has 1 fully saturated rings. The fourth-order valence-corrected chi connectivity index (χ4v) is 4.04. The normalized spacial score (nSPS) is 15.1. The average Bonchev–Trinajstić information content (AvgIpc) is 3.20. The number of benzene rings is 1. The molecule has 1 aliphatic heterocycles. The van der Waals surface area contributed by atoms with Crippen LogP contribution in [0.4, 0.5) is 0 Å². The number of carbonyl (C=O) groups is 1. The first-order valence-corrected chi connectivity index (χ1v) is 10.2. The second kappa shape index (κ2) is 8.12. The molecule has 1 aromatic carbocycles. The van der Waals surface area contributed by atoms with Crippen molar-refractivity contribution in [1.29, 1.82) is 0 Å². The second-order valence-electron chi connectivity index (χ2n) is 6.68. The fourth-order valence-electron chi connectivity index (χ4n) is 3.37. The Balaban J connectivity index is 1.37. The number of fused-ring (bicyclic) bond motifs is 1. The first-order chi connectivity index (χ1) is 13.7. The highest BCUT2D eigenvalue weighted by atomic mass is 32.1. The van der Waals surface area contributed by atoms with Crippen LogP contribution < -0.4 is 10.3 Å². The summed E-state index contributed by atoms with van der Waals surface area (Å²) < 4.78 is 6.91. The minimum absolute atomic E-state index is 0.135. The summed E-state index contributed by atoms with van der Waals surface area (Å²) in [5.74, 6) is 0.642. The van der Waals surface area contributed by atoms with Gasteiger partial charge in [0.25, 0.3) is 11.5 Å². The Morgan fingerprint density at radius 1 is 1.18 bits per heavy atom. The van der Waals surface area contributed by atoms with Gasteiger partial charge in [-0.2, -0.15) is 0 Å². The Labute approximate surface area is 166 Å². The summed E-state index contributed by atoms with van der Waals surface area (Å²) in [5, 5.41) is 1.79. The van der Waals surface area contributed by atoms with Crippen molar-refractivity contribution in [1.82, 2.24) is 19.2 Å². The number of hydrogen-bond donors (Lipinski definition) is 0. The van der Waals surface area contributed by atoms with Gasteiger partial charge in [-0.05, 0) is 24.6 Å². The average molecular weight is 398 g/mol. The molecule has 28 heavy (non-hydrogen) atoms. The maximum atomic E-state index is 12.8. The monoisotopic (exact) mass is 398 g/mol. The van der Waals surface area contributed by atoms with Crippen LogP contribution in [0.25, 0.3) is 4.96 Å². The number of ether oxygens (including phenoxy) is 1. The van der Waals surface area contributed by atoms with Gasteiger partial charge in [0.05, 0.1) is 6.61 Å². The van der Waals surface area contributed by atoms with Crippen LogP contribution in [0.5, 0.6) is 5.75 Å². The maximum absolute atomic E-state index is 12.8. The molecule has 0 unspecified atom stereocenters. The van der Waals surface area contributed by atoms with Crippen LogP contribution in [0, 0.1) is 0 Å². The zero-order chi connectivity index (χ0) is 19.5. The predicted octanol–water partition coefficient (Wildman–Crippen LogP) is 2.11. The summed E-state index contributed by atoms with van der Waals surface area (Å²) in [6.07, 6.45) is 3.06. The molecule has 1 amide bonds. The zero-order valence-electron chi connectivity index (χ0n) is 15.7. The van der Waals surface area contributed by atoms with Gasteiger partial charge < -0.3 is 9.64 Å². The Hall–Kier alpha value is -2.71. The number of amides is 1. The molecular weight excluding hydrogens is 376 g/mol. The third-order valence-corrected chi connectivity index (χ3v) is 5.64. The van der Waals surface area contributed by atoms with Crippen LogP contribution in [0.2, 0.25) is 0 Å². The molecule has 1 saturated heterocycles. The van der Waals surface area contributed by atoms with Gasteiger partial charge in [-0.25, -0.2) is 4.98 Å². The topological polar surface area (TPSA) is 67.2 Å². The Kier molecular flexibility index (Phi) is 5.40. The molecule has 0 spiro atoms. The summed E-state index contributed by atoms with van der Waals surface area (Å²) in [4.78, 5) is 34.2. The minimum atomic E-state index is -0.298. The smallest absolute Gasteiger partial charge is 0.271 e. The van der Waals surface area contributed by atoms with Gasteiger partial charge >= 0.3 is 0 Å². The van der Waals surface area contributed by atoms with Crippen molar-refractivity contribution in [2.45, 2.75) is 13.5 Å². The first kappa shape index (κ1) is 18.6. The summed E-state index contributed by atoms with van der Waals surface area (Å²) >= 11 is 1.37. The van der Waals surface area contributed by atoms with Crippen LogP contribution in [0.1, 0.15) is 22.8 Å². The summed E-state index contributed by atoms with van der Waals surface area (Å²) in [7, 11) is 0. The van der Waals surface area contributed by atoms with Crippen molar-refractivity contribution < 1.29 is 9.53 Å². The summed E-state index contributed by atoms with van der Waals surface area (Å²) in [5.41, 5.74) is 1.05. The van der Waals surface area contributed by atoms with Crippen molar-refractivity contribution in [2.75, 3.05) is 32.8 Å². The molecule has 4 rings (SSSR count). The third-order valence-electron chi connectivity index (χ3n) is 4.87. The highest BCUT2D eigenvalue weighted by Crippen LogP contribution is 2.15. The largest absolute Gasteiger partial charge is 0.494 e. The van der Waals surface area contributed by atoms with Crippen molar-refractivity contribution >= 4 is 22.2 Å². The van der Waals surface area contributed by atoms with Crippen LogP contribution >= 0.6 is 11.3 Å². The number of thiazole rings is 1. The van der Waals surface area contributed by atoms with E-state index in [-0.39, 0.29) is 17.0 Å². The number of carbonyl (C=O) groups excluding carboxylic acids is 1. The van der Waals surface area contributed by atoms with Gasteiger partial charge in [0.2, 0.25) is 0 Å². The molecule has 8 heteroatoms. The van der Waals surface area contributed by atoms with Crippen LogP contribution in [-0.2, 0) is 6.54 Å². The van der Waals surface area contributed by atoms with E-state index in [0.29, 0.717) is 24.7 Å². The van der Waals surface area contributed by atoms with E-state index in [1.807, 2.05) is 19.1 Å². The third kappa shape index (κ3) is 3.79. The molecule has 7 nitrogen and oxygen atoms in total. The van der Waals surface area contributed by atoms with Crippen molar-refractivity contribution in [2.24, 2.45) is 0 Å². The number of piperazine rings is 1. The lowest BCUT2D eigenvalue weighted by Gasteiger charge is -2.34. The Bertz CT molecular complexity index is 1020. The van der Waals surface area contributed by atoms with E-state index in [9.17, 15) is 9.59 Å². The molecule has 3 aromatic rings.